The van der Waals surface area contributed by atoms with Crippen molar-refractivity contribution < 1.29 is 0 Å². The summed E-state index contributed by atoms with van der Waals surface area (Å²) in [6, 6.07) is 11.1. The van der Waals surface area contributed by atoms with Crippen molar-refractivity contribution in [3.8, 4) is 0 Å². The van der Waals surface area contributed by atoms with Crippen LogP contribution in [-0.2, 0) is 13.1 Å². The van der Waals surface area contributed by atoms with E-state index < -0.39 is 0 Å². The summed E-state index contributed by atoms with van der Waals surface area (Å²) in [6.07, 6.45) is 3.35. The molecule has 0 unspecified atom stereocenters. The lowest BCUT2D eigenvalue weighted by atomic mass is 10.1. The maximum atomic E-state index is 3.62. The maximum Gasteiger partial charge on any atom is 0.0580 e. The Morgan fingerprint density at radius 1 is 1.24 bits per heavy atom. The van der Waals surface area contributed by atoms with E-state index in [2.05, 4.69) is 74.6 Å². The minimum Gasteiger partial charge on any atom is -0.342 e. The summed E-state index contributed by atoms with van der Waals surface area (Å²) in [5, 5.41) is 6.91. The predicted molar refractivity (Wildman–Crippen MR) is 95.1 cm³/mol. The Morgan fingerprint density at radius 3 is 2.90 bits per heavy atom. The van der Waals surface area contributed by atoms with Gasteiger partial charge in [-0.3, -0.25) is 0 Å². The Labute approximate surface area is 137 Å². The largest absolute Gasteiger partial charge is 0.342 e. The molecule has 2 heterocycles. The van der Waals surface area contributed by atoms with Gasteiger partial charge in [0.25, 0.3) is 0 Å². The molecule has 0 radical (unpaired) electrons. The molecule has 2 aromatic heterocycles. The molecule has 0 fully saturated rings. The zero-order valence-corrected chi connectivity index (χ0v) is 14.5. The van der Waals surface area contributed by atoms with Gasteiger partial charge in [-0.1, -0.05) is 19.1 Å². The molecule has 1 N–H and O–H groups in total. The zero-order valence-electron chi connectivity index (χ0n) is 12.1. The number of benzene rings is 1. The van der Waals surface area contributed by atoms with Crippen molar-refractivity contribution in [3.05, 3.63) is 56.8 Å². The molecule has 0 aliphatic carbocycles. The molecular weight excluding hydrogens is 344 g/mol. The third-order valence-electron chi connectivity index (χ3n) is 3.60. The van der Waals surface area contributed by atoms with Gasteiger partial charge in [0.2, 0.25) is 0 Å². The number of nitrogens with one attached hydrogen (secondary N) is 1. The van der Waals surface area contributed by atoms with Crippen molar-refractivity contribution in [1.82, 2.24) is 9.88 Å². The van der Waals surface area contributed by atoms with Gasteiger partial charge < -0.3 is 9.88 Å². The highest BCUT2D eigenvalue weighted by atomic mass is 79.9. The number of thiophene rings is 1. The molecule has 0 aliphatic heterocycles. The van der Waals surface area contributed by atoms with Crippen molar-refractivity contribution in [2.45, 2.75) is 26.4 Å². The van der Waals surface area contributed by atoms with Crippen LogP contribution in [0.1, 0.15) is 23.8 Å². The summed E-state index contributed by atoms with van der Waals surface area (Å²) in [5.41, 5.74) is 2.66. The Bertz CT molecular complexity index is 729. The Hall–Kier alpha value is -1.10. The lowest BCUT2D eigenvalue weighted by Gasteiger charge is -2.07. The Balaban J connectivity index is 1.85. The molecule has 0 bridgehead atoms. The maximum absolute atomic E-state index is 3.62. The van der Waals surface area contributed by atoms with Gasteiger partial charge in [0, 0.05) is 27.6 Å². The molecule has 0 spiro atoms. The van der Waals surface area contributed by atoms with Crippen LogP contribution >= 0.6 is 27.3 Å². The molecule has 3 rings (SSSR count). The van der Waals surface area contributed by atoms with Crippen molar-refractivity contribution in [2.24, 2.45) is 0 Å². The third-order valence-corrected chi connectivity index (χ3v) is 5.51. The molecule has 0 saturated carbocycles. The quantitative estimate of drug-likeness (QED) is 0.609. The zero-order chi connectivity index (χ0) is 14.7. The summed E-state index contributed by atoms with van der Waals surface area (Å²) in [5.74, 6) is 0. The highest BCUT2D eigenvalue weighted by Gasteiger charge is 2.06. The van der Waals surface area contributed by atoms with Gasteiger partial charge in [0.15, 0.2) is 0 Å². The first-order chi connectivity index (χ1) is 10.3. The standard InChI is InChI=1S/C17H19BrN2S/c1-2-7-19-11-13-3-4-14-5-8-20(16(14)10-13)12-17-15(18)6-9-21-17/h3-6,8-10,19H,2,7,11-12H2,1H3. The van der Waals surface area contributed by atoms with Gasteiger partial charge in [-0.25, -0.2) is 0 Å². The molecular formula is C17H19BrN2S. The summed E-state index contributed by atoms with van der Waals surface area (Å²) in [7, 11) is 0. The second-order valence-electron chi connectivity index (χ2n) is 5.21. The monoisotopic (exact) mass is 362 g/mol. The van der Waals surface area contributed by atoms with Crippen LogP contribution in [0.5, 0.6) is 0 Å². The normalized spacial score (nSPS) is 11.3. The van der Waals surface area contributed by atoms with E-state index in [-0.39, 0.29) is 0 Å². The molecule has 0 atom stereocenters. The molecule has 0 saturated heterocycles. The number of fused-ring (bicyclic) bond motifs is 1. The fourth-order valence-corrected chi connectivity index (χ4v) is 3.95. The fraction of sp³-hybridized carbons (Fsp3) is 0.294. The van der Waals surface area contributed by atoms with E-state index in [1.807, 2.05) is 0 Å². The van der Waals surface area contributed by atoms with Crippen LogP contribution in [0.25, 0.3) is 10.9 Å². The summed E-state index contributed by atoms with van der Waals surface area (Å²) >= 11 is 5.42. The Morgan fingerprint density at radius 2 is 2.14 bits per heavy atom. The van der Waals surface area contributed by atoms with Crippen LogP contribution in [0, 0.1) is 0 Å². The number of aromatic nitrogens is 1. The summed E-state index contributed by atoms with van der Waals surface area (Å²) in [6.45, 7) is 5.13. The molecule has 110 valence electrons. The third kappa shape index (κ3) is 3.39. The van der Waals surface area contributed by atoms with Gasteiger partial charge in [-0.2, -0.15) is 0 Å². The highest BCUT2D eigenvalue weighted by Crippen LogP contribution is 2.26. The van der Waals surface area contributed by atoms with Crippen LogP contribution in [0.15, 0.2) is 46.4 Å². The van der Waals surface area contributed by atoms with Crippen molar-refractivity contribution in [3.63, 3.8) is 0 Å². The van der Waals surface area contributed by atoms with Gasteiger partial charge in [-0.15, -0.1) is 11.3 Å². The second kappa shape index (κ2) is 6.77. The molecule has 1 aromatic carbocycles. The average Bonchev–Trinajstić information content (AvgIpc) is 3.07. The number of hydrogen-bond donors (Lipinski definition) is 1. The summed E-state index contributed by atoms with van der Waals surface area (Å²) < 4.78 is 3.53. The summed E-state index contributed by atoms with van der Waals surface area (Å²) in [4.78, 5) is 1.36. The molecule has 21 heavy (non-hydrogen) atoms. The van der Waals surface area contributed by atoms with Crippen LogP contribution in [0.4, 0.5) is 0 Å². The lowest BCUT2D eigenvalue weighted by molar-refractivity contribution is 0.675. The van der Waals surface area contributed by atoms with E-state index in [0.717, 1.165) is 19.6 Å². The first kappa shape index (κ1) is 14.8. The van der Waals surface area contributed by atoms with Crippen LogP contribution in [0.3, 0.4) is 0 Å². The van der Waals surface area contributed by atoms with Crippen molar-refractivity contribution in [1.29, 1.82) is 0 Å². The first-order valence-electron chi connectivity index (χ1n) is 7.28. The van der Waals surface area contributed by atoms with E-state index in [1.165, 1.54) is 32.2 Å². The van der Waals surface area contributed by atoms with E-state index in [1.54, 1.807) is 11.3 Å². The minimum absolute atomic E-state index is 0.924. The predicted octanol–water partition coefficient (Wildman–Crippen LogP) is 5.01. The SMILES string of the molecule is CCCNCc1ccc2ccn(Cc3sccc3Br)c2c1. The van der Waals surface area contributed by atoms with Crippen LogP contribution < -0.4 is 5.32 Å². The molecule has 4 heteroatoms. The molecule has 0 aliphatic rings. The minimum atomic E-state index is 0.924. The van der Waals surface area contributed by atoms with Gasteiger partial charge >= 0.3 is 0 Å². The van der Waals surface area contributed by atoms with Crippen molar-refractivity contribution >= 4 is 38.2 Å². The lowest BCUT2D eigenvalue weighted by Crippen LogP contribution is -2.13. The molecule has 0 amide bonds. The first-order valence-corrected chi connectivity index (χ1v) is 8.95. The van der Waals surface area contributed by atoms with Crippen molar-refractivity contribution in [2.75, 3.05) is 6.54 Å². The number of halogens is 1. The molecule has 3 aromatic rings. The second-order valence-corrected chi connectivity index (χ2v) is 7.06. The average molecular weight is 363 g/mol. The number of hydrogen-bond acceptors (Lipinski definition) is 2. The van der Waals surface area contributed by atoms with Gasteiger partial charge in [0.05, 0.1) is 6.54 Å². The number of nitrogens with zero attached hydrogens (tertiary/aromatic N) is 1. The van der Waals surface area contributed by atoms with E-state index >= 15 is 0 Å². The molecule has 2 nitrogen and oxygen atoms in total. The van der Waals surface area contributed by atoms with Crippen LogP contribution in [0.2, 0.25) is 0 Å². The highest BCUT2D eigenvalue weighted by molar-refractivity contribution is 9.10. The van der Waals surface area contributed by atoms with E-state index in [4.69, 9.17) is 0 Å². The number of rotatable bonds is 6. The Kier molecular flexibility index (Phi) is 4.78. The topological polar surface area (TPSA) is 17.0 Å². The smallest absolute Gasteiger partial charge is 0.0580 e. The van der Waals surface area contributed by atoms with E-state index in [0.29, 0.717) is 0 Å². The van der Waals surface area contributed by atoms with Gasteiger partial charge in [-0.05, 0) is 63.4 Å². The van der Waals surface area contributed by atoms with Gasteiger partial charge in [0.1, 0.15) is 0 Å². The van der Waals surface area contributed by atoms with Crippen LogP contribution in [-0.4, -0.2) is 11.1 Å². The van der Waals surface area contributed by atoms with E-state index in [9.17, 15) is 0 Å². The fourth-order valence-electron chi connectivity index (χ4n) is 2.48.